The van der Waals surface area contributed by atoms with Crippen molar-refractivity contribution in [3.05, 3.63) is 54.1 Å². The van der Waals surface area contributed by atoms with Crippen molar-refractivity contribution in [1.29, 1.82) is 0 Å². The summed E-state index contributed by atoms with van der Waals surface area (Å²) in [4.78, 5) is 23.8. The summed E-state index contributed by atoms with van der Waals surface area (Å²) in [5.41, 5.74) is -0.0139. The average Bonchev–Trinajstić information content (AvgIpc) is 2.79. The van der Waals surface area contributed by atoms with E-state index in [1.54, 1.807) is 24.3 Å². The SMILES string of the molecule is O=C(O[C@@H]1C(=O)C=C[C@H]1O)c1c(O)ccc2ccccc12. The summed E-state index contributed by atoms with van der Waals surface area (Å²) in [7, 11) is 0. The summed E-state index contributed by atoms with van der Waals surface area (Å²) in [6.45, 7) is 0. The van der Waals surface area contributed by atoms with Crippen molar-refractivity contribution in [3.8, 4) is 5.75 Å². The highest BCUT2D eigenvalue weighted by molar-refractivity contribution is 6.08. The zero-order chi connectivity index (χ0) is 15.0. The van der Waals surface area contributed by atoms with E-state index in [9.17, 15) is 19.8 Å². The van der Waals surface area contributed by atoms with Gasteiger partial charge in [0.1, 0.15) is 17.4 Å². The third kappa shape index (κ3) is 2.28. The van der Waals surface area contributed by atoms with E-state index < -0.39 is 24.0 Å². The Labute approximate surface area is 120 Å². The minimum atomic E-state index is -1.25. The Morgan fingerprint density at radius 2 is 1.90 bits per heavy atom. The van der Waals surface area contributed by atoms with Gasteiger partial charge in [-0.2, -0.15) is 0 Å². The normalized spacial score (nSPS) is 20.9. The first-order chi connectivity index (χ1) is 10.1. The van der Waals surface area contributed by atoms with Crippen molar-refractivity contribution < 1.29 is 24.5 Å². The quantitative estimate of drug-likeness (QED) is 0.818. The maximum absolute atomic E-state index is 12.3. The number of hydrogen-bond donors (Lipinski definition) is 2. The number of phenols is 1. The van der Waals surface area contributed by atoms with Gasteiger partial charge in [0, 0.05) is 0 Å². The van der Waals surface area contributed by atoms with Crippen molar-refractivity contribution in [3.63, 3.8) is 0 Å². The lowest BCUT2D eigenvalue weighted by Crippen LogP contribution is -2.32. The molecule has 2 aromatic carbocycles. The number of benzene rings is 2. The van der Waals surface area contributed by atoms with Crippen LogP contribution in [0, 0.1) is 0 Å². The zero-order valence-electron chi connectivity index (χ0n) is 10.9. The highest BCUT2D eigenvalue weighted by atomic mass is 16.6. The van der Waals surface area contributed by atoms with E-state index in [4.69, 9.17) is 4.74 Å². The molecule has 0 saturated heterocycles. The summed E-state index contributed by atoms with van der Waals surface area (Å²) < 4.78 is 5.05. The molecule has 0 aromatic heterocycles. The second-order valence-electron chi connectivity index (χ2n) is 4.76. The molecular formula is C16H12O5. The number of carbonyl (C=O) groups excluding carboxylic acids is 2. The Hall–Kier alpha value is -2.66. The number of ether oxygens (including phenoxy) is 1. The first kappa shape index (κ1) is 13.3. The van der Waals surface area contributed by atoms with Crippen molar-refractivity contribution in [2.75, 3.05) is 0 Å². The number of hydrogen-bond acceptors (Lipinski definition) is 5. The van der Waals surface area contributed by atoms with Crippen LogP contribution in [-0.4, -0.2) is 34.2 Å². The number of ketones is 1. The minimum Gasteiger partial charge on any atom is -0.507 e. The van der Waals surface area contributed by atoms with Crippen molar-refractivity contribution in [2.45, 2.75) is 12.2 Å². The Morgan fingerprint density at radius 1 is 1.14 bits per heavy atom. The van der Waals surface area contributed by atoms with Gasteiger partial charge in [-0.15, -0.1) is 0 Å². The van der Waals surface area contributed by atoms with Gasteiger partial charge in [-0.25, -0.2) is 4.79 Å². The number of aliphatic hydroxyl groups excluding tert-OH is 1. The Morgan fingerprint density at radius 3 is 2.62 bits per heavy atom. The third-order valence-electron chi connectivity index (χ3n) is 3.39. The molecule has 21 heavy (non-hydrogen) atoms. The van der Waals surface area contributed by atoms with Crippen LogP contribution in [0.25, 0.3) is 10.8 Å². The van der Waals surface area contributed by atoms with E-state index in [0.29, 0.717) is 5.39 Å². The maximum Gasteiger partial charge on any atom is 0.343 e. The predicted molar refractivity (Wildman–Crippen MR) is 75.0 cm³/mol. The fourth-order valence-electron chi connectivity index (χ4n) is 2.33. The molecule has 0 amide bonds. The third-order valence-corrected chi connectivity index (χ3v) is 3.39. The molecule has 0 heterocycles. The largest absolute Gasteiger partial charge is 0.507 e. The number of aliphatic hydroxyl groups is 1. The number of rotatable bonds is 2. The molecule has 0 unspecified atom stereocenters. The summed E-state index contributed by atoms with van der Waals surface area (Å²) >= 11 is 0. The van der Waals surface area contributed by atoms with Crippen LogP contribution in [0.1, 0.15) is 10.4 Å². The second kappa shape index (κ2) is 5.03. The van der Waals surface area contributed by atoms with E-state index in [-0.39, 0.29) is 11.3 Å². The van der Waals surface area contributed by atoms with Gasteiger partial charge in [0.15, 0.2) is 11.9 Å². The van der Waals surface area contributed by atoms with E-state index in [1.807, 2.05) is 6.07 Å². The summed E-state index contributed by atoms with van der Waals surface area (Å²) in [5, 5.41) is 20.8. The molecule has 0 saturated carbocycles. The lowest BCUT2D eigenvalue weighted by atomic mass is 10.0. The smallest absolute Gasteiger partial charge is 0.343 e. The van der Waals surface area contributed by atoms with Gasteiger partial charge >= 0.3 is 5.97 Å². The lowest BCUT2D eigenvalue weighted by molar-refractivity contribution is -0.125. The Bertz CT molecular complexity index is 762. The molecule has 0 radical (unpaired) electrons. The van der Waals surface area contributed by atoms with Crippen molar-refractivity contribution in [1.82, 2.24) is 0 Å². The van der Waals surface area contributed by atoms with Crippen LogP contribution in [0.3, 0.4) is 0 Å². The number of carbonyl (C=O) groups is 2. The molecule has 1 aliphatic rings. The summed E-state index contributed by atoms with van der Waals surface area (Å²) in [6.07, 6.45) is 0.0314. The molecule has 0 fully saturated rings. The Balaban J connectivity index is 1.98. The first-order valence-electron chi connectivity index (χ1n) is 6.40. The minimum absolute atomic E-state index is 0.0139. The van der Waals surface area contributed by atoms with Gasteiger partial charge in [0.2, 0.25) is 0 Å². The average molecular weight is 284 g/mol. The van der Waals surface area contributed by atoms with Crippen LogP contribution in [-0.2, 0) is 9.53 Å². The molecule has 2 aromatic rings. The molecule has 106 valence electrons. The van der Waals surface area contributed by atoms with Gasteiger partial charge in [-0.05, 0) is 29.0 Å². The van der Waals surface area contributed by atoms with Gasteiger partial charge in [0.25, 0.3) is 0 Å². The second-order valence-corrected chi connectivity index (χ2v) is 4.76. The summed E-state index contributed by atoms with van der Waals surface area (Å²) in [6, 6.07) is 10.1. The first-order valence-corrected chi connectivity index (χ1v) is 6.40. The molecule has 0 spiro atoms. The van der Waals surface area contributed by atoms with Gasteiger partial charge in [-0.1, -0.05) is 30.3 Å². The van der Waals surface area contributed by atoms with Crippen LogP contribution in [0.2, 0.25) is 0 Å². The molecule has 2 atom stereocenters. The molecular weight excluding hydrogens is 272 g/mol. The number of fused-ring (bicyclic) bond motifs is 1. The number of aromatic hydroxyl groups is 1. The van der Waals surface area contributed by atoms with Gasteiger partial charge in [0.05, 0.1) is 0 Å². The van der Waals surface area contributed by atoms with E-state index in [0.717, 1.165) is 5.39 Å². The van der Waals surface area contributed by atoms with Crippen molar-refractivity contribution >= 4 is 22.5 Å². The monoisotopic (exact) mass is 284 g/mol. The van der Waals surface area contributed by atoms with E-state index in [2.05, 4.69) is 0 Å². The number of esters is 1. The highest BCUT2D eigenvalue weighted by Gasteiger charge is 2.33. The molecule has 0 aliphatic heterocycles. The molecule has 5 heteroatoms. The van der Waals surface area contributed by atoms with Crippen LogP contribution in [0.15, 0.2) is 48.6 Å². The van der Waals surface area contributed by atoms with Crippen molar-refractivity contribution in [2.24, 2.45) is 0 Å². The lowest BCUT2D eigenvalue weighted by Gasteiger charge is -2.15. The maximum atomic E-state index is 12.3. The number of phenolic OH excluding ortho intramolecular Hbond substituents is 1. The van der Waals surface area contributed by atoms with Gasteiger partial charge in [-0.3, -0.25) is 4.79 Å². The molecule has 0 bridgehead atoms. The molecule has 5 nitrogen and oxygen atoms in total. The fraction of sp³-hybridized carbons (Fsp3) is 0.125. The van der Waals surface area contributed by atoms with E-state index in [1.165, 1.54) is 18.2 Å². The van der Waals surface area contributed by atoms with Crippen LogP contribution in [0.5, 0.6) is 5.75 Å². The molecule has 2 N–H and O–H groups in total. The van der Waals surface area contributed by atoms with Gasteiger partial charge < -0.3 is 14.9 Å². The van der Waals surface area contributed by atoms with Crippen LogP contribution >= 0.6 is 0 Å². The predicted octanol–water partition coefficient (Wildman–Crippen LogP) is 1.57. The van der Waals surface area contributed by atoms with Crippen LogP contribution in [0.4, 0.5) is 0 Å². The van der Waals surface area contributed by atoms with E-state index >= 15 is 0 Å². The van der Waals surface area contributed by atoms with Crippen LogP contribution < -0.4 is 0 Å². The molecule has 3 rings (SSSR count). The highest BCUT2D eigenvalue weighted by Crippen LogP contribution is 2.28. The zero-order valence-corrected chi connectivity index (χ0v) is 10.9. The summed E-state index contributed by atoms with van der Waals surface area (Å²) in [5.74, 6) is -1.55. The topological polar surface area (TPSA) is 83.8 Å². The molecule has 1 aliphatic carbocycles. The Kier molecular flexibility index (Phi) is 3.19. The fourth-order valence-corrected chi connectivity index (χ4v) is 2.33. The standard InChI is InChI=1S/C16H12O5/c17-11-6-5-9-3-1-2-4-10(9)14(11)16(20)21-15-12(18)7-8-13(15)19/h1-8,12,15,17-18H/t12-,15+/m1/s1.